The molecule has 2 aromatic carbocycles. The van der Waals surface area contributed by atoms with Gasteiger partial charge in [-0.2, -0.15) is 0 Å². The van der Waals surface area contributed by atoms with E-state index in [2.05, 4.69) is 5.32 Å². The quantitative estimate of drug-likeness (QED) is 0.403. The second-order valence-corrected chi connectivity index (χ2v) is 6.07. The van der Waals surface area contributed by atoms with Gasteiger partial charge < -0.3 is 19.5 Å². The zero-order valence-electron chi connectivity index (χ0n) is 15.4. The predicted octanol–water partition coefficient (Wildman–Crippen LogP) is 2.00. The number of ether oxygens (including phenoxy) is 3. The lowest BCUT2D eigenvalue weighted by atomic mass is 10.1. The molecule has 1 aliphatic rings. The minimum atomic E-state index is -0.899. The Hall–Kier alpha value is -4.22. The second-order valence-electron chi connectivity index (χ2n) is 6.07. The molecule has 0 atom stereocenters. The smallest absolute Gasteiger partial charge is 0.311 e. The molecule has 1 amide bonds. The van der Waals surface area contributed by atoms with Crippen LogP contribution in [-0.4, -0.2) is 41.5 Å². The number of esters is 1. The van der Waals surface area contributed by atoms with Crippen LogP contribution in [0.1, 0.15) is 5.56 Å². The maximum absolute atomic E-state index is 12.0. The summed E-state index contributed by atoms with van der Waals surface area (Å²) in [4.78, 5) is 44.2. The first-order valence-electron chi connectivity index (χ1n) is 8.60. The molecule has 0 unspecified atom stereocenters. The fraction of sp³-hybridized carbons (Fsp3) is 0.222. The van der Waals surface area contributed by atoms with Crippen LogP contribution in [0.5, 0.6) is 11.5 Å². The minimum absolute atomic E-state index is 0.0668. The van der Waals surface area contributed by atoms with Crippen LogP contribution in [0.15, 0.2) is 36.4 Å². The van der Waals surface area contributed by atoms with Crippen molar-refractivity contribution < 1.29 is 33.6 Å². The molecule has 0 fully saturated rings. The van der Waals surface area contributed by atoms with E-state index in [4.69, 9.17) is 14.2 Å². The molecule has 0 saturated carbocycles. The van der Waals surface area contributed by atoms with Crippen LogP contribution in [-0.2, 0) is 20.7 Å². The average Bonchev–Trinajstić information content (AvgIpc) is 2.72. The third-order valence-corrected chi connectivity index (χ3v) is 4.00. The molecule has 0 saturated heterocycles. The number of non-ortho nitro benzene ring substituents is 1. The number of benzene rings is 2. The third-order valence-electron chi connectivity index (χ3n) is 4.00. The number of nitrogens with zero attached hydrogens (tertiary/aromatic N) is 2. The molecule has 0 aliphatic carbocycles. The molecule has 3 rings (SSSR count). The Morgan fingerprint density at radius 2 is 1.73 bits per heavy atom. The van der Waals surface area contributed by atoms with Gasteiger partial charge in [0.05, 0.1) is 22.3 Å². The molecular weight excluding hydrogens is 402 g/mol. The molecule has 12 nitrogen and oxygen atoms in total. The van der Waals surface area contributed by atoms with Crippen molar-refractivity contribution in [1.82, 2.24) is 0 Å². The molecule has 0 bridgehead atoms. The van der Waals surface area contributed by atoms with Crippen molar-refractivity contribution in [2.45, 2.75) is 6.42 Å². The second kappa shape index (κ2) is 8.86. The summed E-state index contributed by atoms with van der Waals surface area (Å²) < 4.78 is 15.6. The molecule has 0 spiro atoms. The fourth-order valence-electron chi connectivity index (χ4n) is 2.66. The van der Waals surface area contributed by atoms with Crippen molar-refractivity contribution in [3.8, 4) is 11.5 Å². The zero-order chi connectivity index (χ0) is 21.7. The van der Waals surface area contributed by atoms with E-state index in [1.165, 1.54) is 0 Å². The van der Waals surface area contributed by atoms with Crippen molar-refractivity contribution in [2.75, 3.05) is 25.1 Å². The number of anilines is 1. The third kappa shape index (κ3) is 4.98. The Labute approximate surface area is 168 Å². The highest BCUT2D eigenvalue weighted by molar-refractivity contribution is 5.93. The van der Waals surface area contributed by atoms with Crippen LogP contribution in [0.4, 0.5) is 17.1 Å². The predicted molar refractivity (Wildman–Crippen MR) is 100 cm³/mol. The Morgan fingerprint density at radius 1 is 1.00 bits per heavy atom. The molecule has 2 aromatic rings. The van der Waals surface area contributed by atoms with E-state index < -0.39 is 46.1 Å². The highest BCUT2D eigenvalue weighted by Gasteiger charge is 2.22. The van der Waals surface area contributed by atoms with Gasteiger partial charge in [0.25, 0.3) is 17.3 Å². The van der Waals surface area contributed by atoms with Crippen molar-refractivity contribution in [3.05, 3.63) is 62.2 Å². The van der Waals surface area contributed by atoms with Crippen LogP contribution in [0.2, 0.25) is 0 Å². The molecule has 12 heteroatoms. The Kier molecular flexibility index (Phi) is 6.05. The van der Waals surface area contributed by atoms with Gasteiger partial charge in [-0.3, -0.25) is 29.8 Å². The van der Waals surface area contributed by atoms with Gasteiger partial charge in [0.1, 0.15) is 13.2 Å². The first-order chi connectivity index (χ1) is 14.3. The SMILES string of the molecule is O=C(COC(=O)Cc1ccc([N+](=O)[O-])cc1[N+](=O)[O-])Nc1ccc2c(c1)OCCO2. The molecule has 30 heavy (non-hydrogen) atoms. The highest BCUT2D eigenvalue weighted by atomic mass is 16.6. The van der Waals surface area contributed by atoms with E-state index in [1.807, 2.05) is 0 Å². The average molecular weight is 417 g/mol. The number of hydrogen-bond donors (Lipinski definition) is 1. The summed E-state index contributed by atoms with van der Waals surface area (Å²) in [6.07, 6.45) is -0.522. The molecule has 0 radical (unpaired) electrons. The van der Waals surface area contributed by atoms with Crippen LogP contribution < -0.4 is 14.8 Å². The van der Waals surface area contributed by atoms with Gasteiger partial charge in [-0.25, -0.2) is 0 Å². The summed E-state index contributed by atoms with van der Waals surface area (Å²) in [7, 11) is 0. The first kappa shape index (κ1) is 20.5. The molecule has 1 aliphatic heterocycles. The van der Waals surface area contributed by atoms with Gasteiger partial charge in [0.15, 0.2) is 18.1 Å². The lowest BCUT2D eigenvalue weighted by Gasteiger charge is -2.19. The van der Waals surface area contributed by atoms with E-state index in [1.54, 1.807) is 18.2 Å². The normalized spacial score (nSPS) is 12.0. The number of nitro groups is 2. The van der Waals surface area contributed by atoms with Gasteiger partial charge in [0.2, 0.25) is 0 Å². The topological polar surface area (TPSA) is 160 Å². The largest absolute Gasteiger partial charge is 0.486 e. The van der Waals surface area contributed by atoms with Crippen molar-refractivity contribution in [3.63, 3.8) is 0 Å². The fourth-order valence-corrected chi connectivity index (χ4v) is 2.66. The summed E-state index contributed by atoms with van der Waals surface area (Å²) in [5.41, 5.74) is -0.714. The summed E-state index contributed by atoms with van der Waals surface area (Å²) >= 11 is 0. The number of nitro benzene ring substituents is 2. The number of carbonyl (C=O) groups is 2. The molecule has 1 heterocycles. The van der Waals surface area contributed by atoms with Gasteiger partial charge in [-0.15, -0.1) is 0 Å². The number of nitrogens with one attached hydrogen (secondary N) is 1. The number of fused-ring (bicyclic) bond motifs is 1. The van der Waals surface area contributed by atoms with Crippen molar-refractivity contribution in [1.29, 1.82) is 0 Å². The van der Waals surface area contributed by atoms with Gasteiger partial charge >= 0.3 is 5.97 Å². The molecule has 0 aromatic heterocycles. The van der Waals surface area contributed by atoms with E-state index in [9.17, 15) is 29.8 Å². The van der Waals surface area contributed by atoms with Crippen LogP contribution >= 0.6 is 0 Å². The summed E-state index contributed by atoms with van der Waals surface area (Å²) in [6.45, 7) is 0.201. The van der Waals surface area contributed by atoms with E-state index >= 15 is 0 Å². The molecule has 156 valence electrons. The van der Waals surface area contributed by atoms with Crippen LogP contribution in [0.25, 0.3) is 0 Å². The standard InChI is InChI=1S/C18H15N3O9/c22-17(19-12-2-4-15-16(8-12)29-6-5-28-15)10-30-18(23)7-11-1-3-13(20(24)25)9-14(11)21(26)27/h1-4,8-9H,5-7,10H2,(H,19,22). The van der Waals surface area contributed by atoms with Crippen molar-refractivity contribution >= 4 is 28.9 Å². The summed E-state index contributed by atoms with van der Waals surface area (Å²) in [6, 6.07) is 7.69. The first-order valence-corrected chi connectivity index (χ1v) is 8.60. The summed E-state index contributed by atoms with van der Waals surface area (Å²) in [5.74, 6) is -0.501. The van der Waals surface area contributed by atoms with Gasteiger partial charge in [-0.05, 0) is 18.2 Å². The lowest BCUT2D eigenvalue weighted by molar-refractivity contribution is -0.394. The van der Waals surface area contributed by atoms with Crippen LogP contribution in [0, 0.1) is 20.2 Å². The Bertz CT molecular complexity index is 1020. The van der Waals surface area contributed by atoms with E-state index in [-0.39, 0.29) is 5.56 Å². The Morgan fingerprint density at radius 3 is 2.43 bits per heavy atom. The highest BCUT2D eigenvalue weighted by Crippen LogP contribution is 2.32. The van der Waals surface area contributed by atoms with Crippen molar-refractivity contribution in [2.24, 2.45) is 0 Å². The molecule has 1 N–H and O–H groups in total. The number of carbonyl (C=O) groups excluding carboxylic acids is 2. The van der Waals surface area contributed by atoms with E-state index in [0.717, 1.165) is 18.2 Å². The minimum Gasteiger partial charge on any atom is -0.486 e. The zero-order valence-corrected chi connectivity index (χ0v) is 15.4. The number of amides is 1. The monoisotopic (exact) mass is 417 g/mol. The number of rotatable bonds is 7. The van der Waals surface area contributed by atoms with Crippen LogP contribution in [0.3, 0.4) is 0 Å². The molecular formula is C18H15N3O9. The maximum Gasteiger partial charge on any atom is 0.311 e. The number of hydrogen-bond acceptors (Lipinski definition) is 9. The Balaban J connectivity index is 1.56. The van der Waals surface area contributed by atoms with E-state index in [0.29, 0.717) is 30.4 Å². The maximum atomic E-state index is 12.0. The van der Waals surface area contributed by atoms with Gasteiger partial charge in [0, 0.05) is 23.4 Å². The summed E-state index contributed by atoms with van der Waals surface area (Å²) in [5, 5.41) is 24.4. The lowest BCUT2D eigenvalue weighted by Crippen LogP contribution is -2.22. The van der Waals surface area contributed by atoms with Gasteiger partial charge in [-0.1, -0.05) is 0 Å².